The molecule has 0 aliphatic rings. The molecule has 126 valence electrons. The number of aromatic amines is 1. The number of hydrogen-bond acceptors (Lipinski definition) is 5. The largest absolute Gasteiger partial charge is 0.465 e. The average molecular weight is 320 g/mol. The number of nitrogens with zero attached hydrogens (tertiary/aromatic N) is 1. The number of furan rings is 1. The van der Waals surface area contributed by atoms with Gasteiger partial charge in [0.25, 0.3) is 0 Å². The van der Waals surface area contributed by atoms with Gasteiger partial charge in [-0.1, -0.05) is 0 Å². The van der Waals surface area contributed by atoms with Crippen LogP contribution in [0.5, 0.6) is 0 Å². The highest BCUT2D eigenvalue weighted by atomic mass is 16.6. The van der Waals surface area contributed by atoms with E-state index >= 15 is 0 Å². The fourth-order valence-corrected chi connectivity index (χ4v) is 2.01. The molecule has 7 nitrogen and oxygen atoms in total. The van der Waals surface area contributed by atoms with Crippen LogP contribution in [-0.2, 0) is 11.3 Å². The molecule has 2 aromatic heterocycles. The van der Waals surface area contributed by atoms with Gasteiger partial charge in [-0.2, -0.15) is 5.10 Å². The molecule has 0 saturated carbocycles. The first-order valence-electron chi connectivity index (χ1n) is 7.56. The average Bonchev–Trinajstić information content (AvgIpc) is 3.03. The van der Waals surface area contributed by atoms with E-state index in [4.69, 9.17) is 9.15 Å². The van der Waals surface area contributed by atoms with Crippen molar-refractivity contribution >= 4 is 11.9 Å². The summed E-state index contributed by atoms with van der Waals surface area (Å²) in [5, 5.41) is 12.7. The van der Waals surface area contributed by atoms with Crippen LogP contribution in [0.25, 0.3) is 0 Å². The smallest absolute Gasteiger partial charge is 0.413 e. The number of carbonyl (C=O) groups is 1. The van der Waals surface area contributed by atoms with Gasteiger partial charge in [-0.15, -0.1) is 0 Å². The summed E-state index contributed by atoms with van der Waals surface area (Å²) in [4.78, 5) is 11.8. The summed E-state index contributed by atoms with van der Waals surface area (Å²) in [6, 6.07) is 3.93. The number of rotatable bonds is 5. The number of carbonyl (C=O) groups excluding carboxylic acids is 1. The molecule has 23 heavy (non-hydrogen) atoms. The summed E-state index contributed by atoms with van der Waals surface area (Å²) in [7, 11) is 0. The van der Waals surface area contributed by atoms with Crippen LogP contribution in [-0.4, -0.2) is 21.9 Å². The van der Waals surface area contributed by atoms with Crippen LogP contribution in [0.3, 0.4) is 0 Å². The van der Waals surface area contributed by atoms with Crippen molar-refractivity contribution in [3.8, 4) is 0 Å². The van der Waals surface area contributed by atoms with Gasteiger partial charge >= 0.3 is 6.09 Å². The maximum atomic E-state index is 11.8. The predicted molar refractivity (Wildman–Crippen MR) is 87.1 cm³/mol. The minimum absolute atomic E-state index is 0.0491. The maximum Gasteiger partial charge on any atom is 0.413 e. The lowest BCUT2D eigenvalue weighted by atomic mass is 10.2. The molecule has 2 heterocycles. The minimum atomic E-state index is -0.547. The van der Waals surface area contributed by atoms with Crippen molar-refractivity contribution in [2.24, 2.45) is 0 Å². The number of H-pyrrole nitrogens is 1. The van der Waals surface area contributed by atoms with Gasteiger partial charge in [-0.3, -0.25) is 10.4 Å². The third kappa shape index (κ3) is 5.14. The van der Waals surface area contributed by atoms with E-state index < -0.39 is 11.7 Å². The summed E-state index contributed by atoms with van der Waals surface area (Å²) in [5.41, 5.74) is 0.291. The third-order valence-corrected chi connectivity index (χ3v) is 3.13. The number of nitrogens with one attached hydrogen (secondary N) is 3. The van der Waals surface area contributed by atoms with Crippen molar-refractivity contribution in [2.75, 3.05) is 5.32 Å². The van der Waals surface area contributed by atoms with E-state index in [1.165, 1.54) is 0 Å². The highest BCUT2D eigenvalue weighted by Crippen LogP contribution is 2.18. The lowest BCUT2D eigenvalue weighted by Crippen LogP contribution is -2.28. The molecular formula is C16H24N4O3. The summed E-state index contributed by atoms with van der Waals surface area (Å²) in [6.45, 7) is 9.90. The van der Waals surface area contributed by atoms with Gasteiger partial charge in [0, 0.05) is 12.1 Å². The lowest BCUT2D eigenvalue weighted by Gasteiger charge is -2.19. The number of amides is 1. The van der Waals surface area contributed by atoms with Crippen molar-refractivity contribution in [3.05, 3.63) is 35.4 Å². The van der Waals surface area contributed by atoms with Crippen LogP contribution in [0.4, 0.5) is 10.6 Å². The Labute approximate surface area is 135 Å². The quantitative estimate of drug-likeness (QED) is 0.784. The number of aromatic nitrogens is 2. The second-order valence-electron chi connectivity index (χ2n) is 6.45. The molecule has 7 heteroatoms. The minimum Gasteiger partial charge on any atom is -0.465 e. The van der Waals surface area contributed by atoms with Gasteiger partial charge in [0.1, 0.15) is 22.9 Å². The zero-order valence-electron chi connectivity index (χ0n) is 14.2. The zero-order chi connectivity index (χ0) is 17.0. The normalized spacial score (nSPS) is 12.9. The standard InChI is InChI=1S/C16H24N4O3/c1-10-6-7-13(22-10)11(2)17-8-12-9-18-20-14(12)19-15(21)23-16(3,4)5/h6-7,9,11,17H,8H2,1-5H3,(H2,18,19,20,21). The fourth-order valence-electron chi connectivity index (χ4n) is 2.01. The number of hydrogen-bond donors (Lipinski definition) is 3. The SMILES string of the molecule is Cc1ccc(C(C)NCc2cn[nH]c2NC(=O)OC(C)(C)C)o1. The van der Waals surface area contributed by atoms with Crippen molar-refractivity contribution < 1.29 is 13.9 Å². The van der Waals surface area contributed by atoms with E-state index in [0.717, 1.165) is 17.1 Å². The van der Waals surface area contributed by atoms with Gasteiger partial charge in [0.05, 0.1) is 12.2 Å². The van der Waals surface area contributed by atoms with E-state index in [-0.39, 0.29) is 6.04 Å². The molecule has 0 aromatic carbocycles. The Balaban J connectivity index is 1.92. The van der Waals surface area contributed by atoms with Crippen molar-refractivity contribution in [1.29, 1.82) is 0 Å². The number of aryl methyl sites for hydroxylation is 1. The molecule has 2 aromatic rings. The van der Waals surface area contributed by atoms with Crippen LogP contribution in [0.2, 0.25) is 0 Å². The van der Waals surface area contributed by atoms with Gasteiger partial charge in [-0.25, -0.2) is 4.79 Å². The molecule has 0 aliphatic carbocycles. The van der Waals surface area contributed by atoms with Gasteiger partial charge in [0.15, 0.2) is 0 Å². The monoisotopic (exact) mass is 320 g/mol. The Morgan fingerprint density at radius 3 is 2.78 bits per heavy atom. The second kappa shape index (κ2) is 6.87. The first kappa shape index (κ1) is 17.1. The summed E-state index contributed by atoms with van der Waals surface area (Å²) in [5.74, 6) is 2.27. The summed E-state index contributed by atoms with van der Waals surface area (Å²) < 4.78 is 10.8. The Kier molecular flexibility index (Phi) is 5.10. The molecule has 0 radical (unpaired) electrons. The van der Waals surface area contributed by atoms with Crippen LogP contribution in [0, 0.1) is 6.92 Å². The molecule has 0 aliphatic heterocycles. The van der Waals surface area contributed by atoms with Gasteiger partial charge in [0.2, 0.25) is 0 Å². The fraction of sp³-hybridized carbons (Fsp3) is 0.500. The highest BCUT2D eigenvalue weighted by Gasteiger charge is 2.18. The Bertz CT molecular complexity index is 654. The molecule has 2 rings (SSSR count). The van der Waals surface area contributed by atoms with Crippen LogP contribution in [0.15, 0.2) is 22.7 Å². The number of anilines is 1. The Hall–Kier alpha value is -2.28. The van der Waals surface area contributed by atoms with E-state index in [0.29, 0.717) is 12.4 Å². The second-order valence-corrected chi connectivity index (χ2v) is 6.45. The molecule has 1 atom stereocenters. The van der Waals surface area contributed by atoms with Crippen LogP contribution >= 0.6 is 0 Å². The maximum absolute atomic E-state index is 11.8. The molecular weight excluding hydrogens is 296 g/mol. The highest BCUT2D eigenvalue weighted by molar-refractivity contribution is 5.84. The molecule has 0 bridgehead atoms. The molecule has 0 fully saturated rings. The first-order valence-corrected chi connectivity index (χ1v) is 7.56. The first-order chi connectivity index (χ1) is 10.7. The molecule has 3 N–H and O–H groups in total. The zero-order valence-corrected chi connectivity index (χ0v) is 14.2. The van der Waals surface area contributed by atoms with Gasteiger partial charge in [-0.05, 0) is 46.8 Å². The van der Waals surface area contributed by atoms with E-state index in [9.17, 15) is 4.79 Å². The Morgan fingerprint density at radius 1 is 1.43 bits per heavy atom. The van der Waals surface area contributed by atoms with E-state index in [1.54, 1.807) is 6.20 Å². The van der Waals surface area contributed by atoms with E-state index in [2.05, 4.69) is 20.8 Å². The van der Waals surface area contributed by atoms with E-state index in [1.807, 2.05) is 46.8 Å². The molecule has 0 saturated heterocycles. The Morgan fingerprint density at radius 2 is 2.17 bits per heavy atom. The topological polar surface area (TPSA) is 92.2 Å². The van der Waals surface area contributed by atoms with Crippen molar-refractivity contribution in [2.45, 2.75) is 52.8 Å². The number of ether oxygens (including phenoxy) is 1. The molecule has 1 unspecified atom stereocenters. The predicted octanol–water partition coefficient (Wildman–Crippen LogP) is 3.51. The van der Waals surface area contributed by atoms with Crippen molar-refractivity contribution in [1.82, 2.24) is 15.5 Å². The third-order valence-electron chi connectivity index (χ3n) is 3.13. The molecule has 1 amide bonds. The van der Waals surface area contributed by atoms with Crippen molar-refractivity contribution in [3.63, 3.8) is 0 Å². The lowest BCUT2D eigenvalue weighted by molar-refractivity contribution is 0.0635. The molecule has 0 spiro atoms. The summed E-state index contributed by atoms with van der Waals surface area (Å²) in [6.07, 6.45) is 1.15. The summed E-state index contributed by atoms with van der Waals surface area (Å²) >= 11 is 0. The van der Waals surface area contributed by atoms with Crippen LogP contribution < -0.4 is 10.6 Å². The van der Waals surface area contributed by atoms with Gasteiger partial charge < -0.3 is 14.5 Å². The van der Waals surface area contributed by atoms with Crippen LogP contribution in [0.1, 0.15) is 50.8 Å².